The second-order valence-electron chi connectivity index (χ2n) is 7.57. The molecule has 124 valence electrons. The lowest BCUT2D eigenvalue weighted by molar-refractivity contribution is -0.113. The zero-order valence-corrected chi connectivity index (χ0v) is 15.0. The molecule has 2 aliphatic rings. The lowest BCUT2D eigenvalue weighted by atomic mass is 9.97. The average molecular weight is 312 g/mol. The van der Waals surface area contributed by atoms with Gasteiger partial charge in [0.1, 0.15) is 0 Å². The molecule has 3 heteroatoms. The van der Waals surface area contributed by atoms with Crippen molar-refractivity contribution < 1.29 is 4.79 Å². The van der Waals surface area contributed by atoms with Crippen LogP contribution in [0.3, 0.4) is 0 Å². The predicted molar refractivity (Wildman–Crippen MR) is 96.4 cm³/mol. The van der Waals surface area contributed by atoms with Crippen LogP contribution in [0.25, 0.3) is 5.57 Å². The fraction of sp³-hybridized carbons (Fsp3) is 0.550. The van der Waals surface area contributed by atoms with Crippen LogP contribution in [-0.2, 0) is 11.2 Å². The van der Waals surface area contributed by atoms with Crippen LogP contribution in [0.5, 0.6) is 0 Å². The van der Waals surface area contributed by atoms with Crippen molar-refractivity contribution in [3.05, 3.63) is 35.0 Å². The summed E-state index contributed by atoms with van der Waals surface area (Å²) in [5, 5.41) is 0. The van der Waals surface area contributed by atoms with Gasteiger partial charge in [0.15, 0.2) is 0 Å². The zero-order chi connectivity index (χ0) is 16.7. The monoisotopic (exact) mass is 312 g/mol. The third kappa shape index (κ3) is 2.77. The van der Waals surface area contributed by atoms with E-state index in [4.69, 9.17) is 0 Å². The largest absolute Gasteiger partial charge is 0.377 e. The Morgan fingerprint density at radius 2 is 1.91 bits per heavy atom. The van der Waals surface area contributed by atoms with Crippen molar-refractivity contribution >= 4 is 17.2 Å². The van der Waals surface area contributed by atoms with Crippen LogP contribution in [0, 0.1) is 5.92 Å². The first kappa shape index (κ1) is 16.1. The molecule has 23 heavy (non-hydrogen) atoms. The van der Waals surface area contributed by atoms with Gasteiger partial charge in [0.05, 0.1) is 11.3 Å². The summed E-state index contributed by atoms with van der Waals surface area (Å²) in [5.74, 6) is 0.803. The maximum absolute atomic E-state index is 13.1. The van der Waals surface area contributed by atoms with Crippen molar-refractivity contribution in [2.24, 2.45) is 5.92 Å². The topological polar surface area (TPSA) is 23.6 Å². The molecule has 0 atom stereocenters. The van der Waals surface area contributed by atoms with E-state index in [1.807, 2.05) is 4.90 Å². The van der Waals surface area contributed by atoms with Gasteiger partial charge in [-0.2, -0.15) is 0 Å². The molecule has 0 saturated carbocycles. The molecular weight excluding hydrogens is 284 g/mol. The second-order valence-corrected chi connectivity index (χ2v) is 7.57. The van der Waals surface area contributed by atoms with Crippen LogP contribution in [0.2, 0.25) is 0 Å². The maximum atomic E-state index is 13.1. The Hall–Kier alpha value is -1.77. The van der Waals surface area contributed by atoms with Crippen LogP contribution in [-0.4, -0.2) is 30.4 Å². The Labute approximate surface area is 140 Å². The smallest absolute Gasteiger partial charge is 0.260 e. The van der Waals surface area contributed by atoms with Gasteiger partial charge in [0.2, 0.25) is 0 Å². The molecule has 0 aromatic heterocycles. The maximum Gasteiger partial charge on any atom is 0.260 e. The first-order valence-electron chi connectivity index (χ1n) is 8.81. The van der Waals surface area contributed by atoms with Gasteiger partial charge in [0, 0.05) is 30.9 Å². The summed E-state index contributed by atoms with van der Waals surface area (Å²) in [6, 6.07) is 6.77. The molecule has 3 nitrogen and oxygen atoms in total. The fourth-order valence-corrected chi connectivity index (χ4v) is 3.85. The highest BCUT2D eigenvalue weighted by Crippen LogP contribution is 2.42. The summed E-state index contributed by atoms with van der Waals surface area (Å²) >= 11 is 0. The molecule has 0 unspecified atom stereocenters. The van der Waals surface area contributed by atoms with Crippen LogP contribution >= 0.6 is 0 Å². The standard InChI is InChI=1S/C20H28N2O/c1-13(2)11-15-8-9-17-16(12-15)19(18-7-6-10-21(18)5)20(23)22(17)14(3)4/h8-9,12-14H,6-7,10-11H2,1-5H3/b19-18-. The van der Waals surface area contributed by atoms with E-state index in [0.29, 0.717) is 5.92 Å². The molecule has 0 spiro atoms. The van der Waals surface area contributed by atoms with E-state index in [0.717, 1.165) is 42.6 Å². The van der Waals surface area contributed by atoms with Gasteiger partial charge in [-0.25, -0.2) is 0 Å². The number of hydrogen-bond donors (Lipinski definition) is 0. The van der Waals surface area contributed by atoms with E-state index >= 15 is 0 Å². The number of likely N-dealkylation sites (tertiary alicyclic amines) is 1. The molecule has 1 aromatic carbocycles. The van der Waals surface area contributed by atoms with Gasteiger partial charge in [-0.05, 0) is 56.7 Å². The molecule has 1 fully saturated rings. The highest BCUT2D eigenvalue weighted by Gasteiger charge is 2.37. The number of carbonyl (C=O) groups excluding carboxylic acids is 1. The number of benzene rings is 1. The summed E-state index contributed by atoms with van der Waals surface area (Å²) < 4.78 is 0. The third-order valence-corrected chi connectivity index (χ3v) is 4.84. The average Bonchev–Trinajstić information content (AvgIpc) is 2.98. The number of allylic oxidation sites excluding steroid dienone is 1. The van der Waals surface area contributed by atoms with Gasteiger partial charge < -0.3 is 9.80 Å². The first-order chi connectivity index (χ1) is 10.9. The van der Waals surface area contributed by atoms with E-state index in [-0.39, 0.29) is 11.9 Å². The Kier molecular flexibility index (Phi) is 4.22. The normalized spacial score (nSPS) is 21.1. The van der Waals surface area contributed by atoms with Crippen molar-refractivity contribution in [3.63, 3.8) is 0 Å². The van der Waals surface area contributed by atoms with E-state index in [2.05, 4.69) is 57.8 Å². The molecule has 0 aliphatic carbocycles. The van der Waals surface area contributed by atoms with E-state index in [9.17, 15) is 4.79 Å². The SMILES string of the molecule is CC(C)Cc1ccc2c(c1)/C(=C1\CCCN1C)C(=O)N2C(C)C. The van der Waals surface area contributed by atoms with E-state index in [1.54, 1.807) is 0 Å². The van der Waals surface area contributed by atoms with Crippen LogP contribution in [0.4, 0.5) is 5.69 Å². The zero-order valence-electron chi connectivity index (χ0n) is 15.0. The number of hydrogen-bond acceptors (Lipinski definition) is 2. The second kappa shape index (κ2) is 6.03. The van der Waals surface area contributed by atoms with Gasteiger partial charge in [-0.1, -0.05) is 19.9 Å². The number of rotatable bonds is 3. The van der Waals surface area contributed by atoms with Crippen LogP contribution in [0.15, 0.2) is 23.9 Å². The summed E-state index contributed by atoms with van der Waals surface area (Å²) in [4.78, 5) is 17.3. The molecule has 1 aromatic rings. The fourth-order valence-electron chi connectivity index (χ4n) is 3.85. The summed E-state index contributed by atoms with van der Waals surface area (Å²) in [6.45, 7) is 9.71. The third-order valence-electron chi connectivity index (χ3n) is 4.84. The molecule has 2 aliphatic heterocycles. The van der Waals surface area contributed by atoms with Crippen molar-refractivity contribution in [2.75, 3.05) is 18.5 Å². The summed E-state index contributed by atoms with van der Waals surface area (Å²) in [6.07, 6.45) is 3.21. The predicted octanol–water partition coefficient (Wildman–Crippen LogP) is 4.08. The number of amides is 1. The van der Waals surface area contributed by atoms with E-state index < -0.39 is 0 Å². The quantitative estimate of drug-likeness (QED) is 0.785. The minimum atomic E-state index is 0.181. The Bertz CT molecular complexity index is 658. The van der Waals surface area contributed by atoms with Crippen molar-refractivity contribution in [1.29, 1.82) is 0 Å². The lowest BCUT2D eigenvalue weighted by Gasteiger charge is -2.22. The Morgan fingerprint density at radius 1 is 1.17 bits per heavy atom. The molecular formula is C20H28N2O. The molecule has 1 saturated heterocycles. The molecule has 1 amide bonds. The van der Waals surface area contributed by atoms with Crippen LogP contribution < -0.4 is 4.90 Å². The minimum Gasteiger partial charge on any atom is -0.377 e. The molecule has 2 heterocycles. The van der Waals surface area contributed by atoms with Gasteiger partial charge in [0.25, 0.3) is 5.91 Å². The molecule has 3 rings (SSSR count). The van der Waals surface area contributed by atoms with Gasteiger partial charge >= 0.3 is 0 Å². The van der Waals surface area contributed by atoms with Gasteiger partial charge in [-0.3, -0.25) is 4.79 Å². The minimum absolute atomic E-state index is 0.181. The lowest BCUT2D eigenvalue weighted by Crippen LogP contribution is -2.33. The van der Waals surface area contributed by atoms with Gasteiger partial charge in [-0.15, -0.1) is 0 Å². The summed E-state index contributed by atoms with van der Waals surface area (Å²) in [7, 11) is 2.11. The molecule has 0 N–H and O–H groups in total. The number of carbonyl (C=O) groups is 1. The highest BCUT2D eigenvalue weighted by atomic mass is 16.2. The van der Waals surface area contributed by atoms with Crippen molar-refractivity contribution in [1.82, 2.24) is 4.90 Å². The Morgan fingerprint density at radius 3 is 2.48 bits per heavy atom. The Balaban J connectivity index is 2.15. The molecule has 0 bridgehead atoms. The number of nitrogens with zero attached hydrogens (tertiary/aromatic N) is 2. The van der Waals surface area contributed by atoms with Crippen molar-refractivity contribution in [3.8, 4) is 0 Å². The highest BCUT2D eigenvalue weighted by molar-refractivity contribution is 6.33. The number of fused-ring (bicyclic) bond motifs is 1. The van der Waals surface area contributed by atoms with E-state index in [1.165, 1.54) is 11.3 Å². The molecule has 0 radical (unpaired) electrons. The summed E-state index contributed by atoms with van der Waals surface area (Å²) in [5.41, 5.74) is 5.72. The first-order valence-corrected chi connectivity index (χ1v) is 8.81. The van der Waals surface area contributed by atoms with Crippen molar-refractivity contribution in [2.45, 2.75) is 53.0 Å². The number of anilines is 1. The van der Waals surface area contributed by atoms with Crippen LogP contribution in [0.1, 0.15) is 51.7 Å².